The average Bonchev–Trinajstić information content (AvgIpc) is 2.77. The lowest BCUT2D eigenvalue weighted by atomic mass is 10.1. The second kappa shape index (κ2) is 4.87. The third kappa shape index (κ3) is 2.48. The molecule has 0 fully saturated rings. The number of carbonyl (C=O) groups excluding carboxylic acids is 1. The molecule has 2 N–H and O–H groups in total. The van der Waals surface area contributed by atoms with Crippen LogP contribution in [0.2, 0.25) is 0 Å². The van der Waals surface area contributed by atoms with Crippen molar-refractivity contribution in [1.82, 2.24) is 10.1 Å². The van der Waals surface area contributed by atoms with Crippen LogP contribution >= 0.6 is 0 Å². The van der Waals surface area contributed by atoms with Crippen LogP contribution in [-0.2, 0) is 0 Å². The normalized spacial score (nSPS) is 10.6. The molecule has 2 rings (SSSR count). The van der Waals surface area contributed by atoms with Gasteiger partial charge in [0, 0.05) is 12.0 Å². The summed E-state index contributed by atoms with van der Waals surface area (Å²) in [6, 6.07) is 4.39. The number of H-pyrrole nitrogens is 1. The number of amides is 1. The number of pyridine rings is 1. The summed E-state index contributed by atoms with van der Waals surface area (Å²) in [5, 5.41) is 6.30. The molecule has 0 spiro atoms. The lowest BCUT2D eigenvalue weighted by molar-refractivity contribution is 0.102. The zero-order valence-electron chi connectivity index (χ0n) is 10.1. The first-order chi connectivity index (χ1) is 8.58. The maximum absolute atomic E-state index is 11.9. The van der Waals surface area contributed by atoms with E-state index < -0.39 is 5.91 Å². The molecule has 6 heteroatoms. The lowest BCUT2D eigenvalue weighted by Crippen LogP contribution is -2.18. The topological polar surface area (TPSA) is 88.0 Å². The van der Waals surface area contributed by atoms with E-state index in [9.17, 15) is 9.59 Å². The zero-order chi connectivity index (χ0) is 13.1. The first kappa shape index (κ1) is 12.1. The van der Waals surface area contributed by atoms with Gasteiger partial charge in [-0.05, 0) is 6.07 Å². The largest absolute Gasteiger partial charge is 0.359 e. The number of nitrogens with one attached hydrogen (secondary N) is 2. The fourth-order valence-electron chi connectivity index (χ4n) is 1.53. The number of hydrogen-bond acceptors (Lipinski definition) is 4. The van der Waals surface area contributed by atoms with Gasteiger partial charge in [0.2, 0.25) is 5.56 Å². The van der Waals surface area contributed by atoms with Crippen molar-refractivity contribution in [2.45, 2.75) is 19.8 Å². The van der Waals surface area contributed by atoms with Crippen molar-refractivity contribution < 1.29 is 9.32 Å². The standard InChI is InChI=1S/C12H13N3O3/c1-7(2)11-9(6-13-18-11)15-12(17)8-4-3-5-10(16)14-8/h3-7H,1-2H3,(H,14,16)(H,15,17). The number of hydrogen-bond donors (Lipinski definition) is 2. The van der Waals surface area contributed by atoms with E-state index in [0.717, 1.165) is 0 Å². The van der Waals surface area contributed by atoms with E-state index in [2.05, 4.69) is 15.5 Å². The predicted octanol–water partition coefficient (Wildman–Crippen LogP) is 1.74. The Balaban J connectivity index is 2.21. The molecule has 0 saturated carbocycles. The van der Waals surface area contributed by atoms with E-state index in [1.165, 1.54) is 24.4 Å². The number of aromatic nitrogens is 2. The van der Waals surface area contributed by atoms with Gasteiger partial charge < -0.3 is 14.8 Å². The Morgan fingerprint density at radius 2 is 2.22 bits per heavy atom. The predicted molar refractivity (Wildman–Crippen MR) is 65.6 cm³/mol. The van der Waals surface area contributed by atoms with Gasteiger partial charge in [-0.1, -0.05) is 25.1 Å². The van der Waals surface area contributed by atoms with Crippen LogP contribution in [0.25, 0.3) is 0 Å². The summed E-state index contributed by atoms with van der Waals surface area (Å²) in [6.07, 6.45) is 1.44. The van der Waals surface area contributed by atoms with Gasteiger partial charge in [-0.3, -0.25) is 9.59 Å². The SMILES string of the molecule is CC(C)c1oncc1NC(=O)c1cccc(=O)[nH]1. The summed E-state index contributed by atoms with van der Waals surface area (Å²) in [4.78, 5) is 25.4. The molecule has 0 aliphatic carbocycles. The van der Waals surface area contributed by atoms with Crippen LogP contribution in [0.1, 0.15) is 36.0 Å². The molecular weight excluding hydrogens is 234 g/mol. The molecule has 0 radical (unpaired) electrons. The minimum Gasteiger partial charge on any atom is -0.359 e. The molecule has 0 aliphatic heterocycles. The quantitative estimate of drug-likeness (QED) is 0.864. The molecular formula is C12H13N3O3. The fraction of sp³-hybridized carbons (Fsp3) is 0.250. The van der Waals surface area contributed by atoms with Crippen LogP contribution in [0.15, 0.2) is 33.7 Å². The highest BCUT2D eigenvalue weighted by molar-refractivity contribution is 6.02. The van der Waals surface area contributed by atoms with Crippen molar-refractivity contribution in [3.05, 3.63) is 46.2 Å². The smallest absolute Gasteiger partial charge is 0.272 e. The minimum absolute atomic E-state index is 0.109. The van der Waals surface area contributed by atoms with E-state index in [4.69, 9.17) is 4.52 Å². The lowest BCUT2D eigenvalue weighted by Gasteiger charge is -2.05. The first-order valence-corrected chi connectivity index (χ1v) is 5.53. The van der Waals surface area contributed by atoms with E-state index in [1.54, 1.807) is 0 Å². The van der Waals surface area contributed by atoms with Gasteiger partial charge >= 0.3 is 0 Å². The van der Waals surface area contributed by atoms with Crippen molar-refractivity contribution in [2.75, 3.05) is 5.32 Å². The van der Waals surface area contributed by atoms with Gasteiger partial charge in [0.05, 0.1) is 6.20 Å². The maximum atomic E-state index is 11.9. The second-order valence-corrected chi connectivity index (χ2v) is 4.14. The summed E-state index contributed by atoms with van der Waals surface area (Å²) < 4.78 is 5.05. The first-order valence-electron chi connectivity index (χ1n) is 5.53. The van der Waals surface area contributed by atoms with E-state index in [-0.39, 0.29) is 17.2 Å². The van der Waals surface area contributed by atoms with Crippen LogP contribution < -0.4 is 10.9 Å². The molecule has 1 amide bonds. The molecule has 6 nitrogen and oxygen atoms in total. The molecule has 0 aromatic carbocycles. The molecule has 2 aromatic heterocycles. The Bertz CT molecular complexity index is 613. The van der Waals surface area contributed by atoms with Gasteiger partial charge in [0.25, 0.3) is 5.91 Å². The summed E-state index contributed by atoms with van der Waals surface area (Å²) in [6.45, 7) is 3.86. The van der Waals surface area contributed by atoms with Crippen molar-refractivity contribution in [3.8, 4) is 0 Å². The van der Waals surface area contributed by atoms with E-state index in [0.29, 0.717) is 11.4 Å². The third-order valence-corrected chi connectivity index (χ3v) is 2.38. The van der Waals surface area contributed by atoms with Gasteiger partial charge in [0.15, 0.2) is 5.76 Å². The Morgan fingerprint density at radius 3 is 2.89 bits per heavy atom. The highest BCUT2D eigenvalue weighted by Gasteiger charge is 2.15. The Labute approximate surface area is 103 Å². The molecule has 0 atom stereocenters. The van der Waals surface area contributed by atoms with E-state index in [1.807, 2.05) is 13.8 Å². The van der Waals surface area contributed by atoms with Gasteiger partial charge in [0.1, 0.15) is 11.4 Å². The summed E-state index contributed by atoms with van der Waals surface area (Å²) >= 11 is 0. The monoisotopic (exact) mass is 247 g/mol. The highest BCUT2D eigenvalue weighted by Crippen LogP contribution is 2.23. The van der Waals surface area contributed by atoms with Crippen LogP contribution in [0, 0.1) is 0 Å². The van der Waals surface area contributed by atoms with Crippen LogP contribution in [0.5, 0.6) is 0 Å². The highest BCUT2D eigenvalue weighted by atomic mass is 16.5. The van der Waals surface area contributed by atoms with Gasteiger partial charge in [-0.25, -0.2) is 0 Å². The van der Waals surface area contributed by atoms with Gasteiger partial charge in [-0.15, -0.1) is 0 Å². The zero-order valence-corrected chi connectivity index (χ0v) is 10.1. The molecule has 18 heavy (non-hydrogen) atoms. The van der Waals surface area contributed by atoms with Crippen LogP contribution in [0.3, 0.4) is 0 Å². The Morgan fingerprint density at radius 1 is 1.44 bits per heavy atom. The number of aromatic amines is 1. The summed E-state index contributed by atoms with van der Waals surface area (Å²) in [7, 11) is 0. The summed E-state index contributed by atoms with van der Waals surface area (Å²) in [5.41, 5.74) is 0.384. The minimum atomic E-state index is -0.405. The number of carbonyl (C=O) groups is 1. The molecule has 0 saturated heterocycles. The van der Waals surface area contributed by atoms with Crippen molar-refractivity contribution in [1.29, 1.82) is 0 Å². The third-order valence-electron chi connectivity index (χ3n) is 2.38. The molecule has 0 bridgehead atoms. The van der Waals surface area contributed by atoms with Crippen molar-refractivity contribution >= 4 is 11.6 Å². The van der Waals surface area contributed by atoms with Crippen molar-refractivity contribution in [3.63, 3.8) is 0 Å². The van der Waals surface area contributed by atoms with Crippen LogP contribution in [-0.4, -0.2) is 16.0 Å². The Kier molecular flexibility index (Phi) is 3.27. The second-order valence-electron chi connectivity index (χ2n) is 4.14. The van der Waals surface area contributed by atoms with E-state index >= 15 is 0 Å². The molecule has 94 valence electrons. The molecule has 0 unspecified atom stereocenters. The van der Waals surface area contributed by atoms with Gasteiger partial charge in [-0.2, -0.15) is 0 Å². The maximum Gasteiger partial charge on any atom is 0.272 e. The molecule has 0 aliphatic rings. The number of anilines is 1. The molecule has 2 aromatic rings. The Hall–Kier alpha value is -2.37. The number of rotatable bonds is 3. The average molecular weight is 247 g/mol. The van der Waals surface area contributed by atoms with Crippen LogP contribution in [0.4, 0.5) is 5.69 Å². The summed E-state index contributed by atoms with van der Waals surface area (Å²) in [5.74, 6) is 0.303. The number of nitrogens with zero attached hydrogens (tertiary/aromatic N) is 1. The van der Waals surface area contributed by atoms with Crippen molar-refractivity contribution in [2.24, 2.45) is 0 Å². The molecule has 2 heterocycles. The fourth-order valence-corrected chi connectivity index (χ4v) is 1.53.